The van der Waals surface area contributed by atoms with Gasteiger partial charge in [0.05, 0.1) is 11.8 Å². The van der Waals surface area contributed by atoms with E-state index >= 15 is 0 Å². The molecule has 1 aliphatic rings. The van der Waals surface area contributed by atoms with Crippen LogP contribution in [-0.4, -0.2) is 28.5 Å². The number of nitriles is 1. The Morgan fingerprint density at radius 1 is 1.37 bits per heavy atom. The number of nitrogens with two attached hydrogens (primary N) is 1. The van der Waals surface area contributed by atoms with Gasteiger partial charge in [0.15, 0.2) is 0 Å². The molecule has 3 N–H and O–H groups in total. The fourth-order valence-electron chi connectivity index (χ4n) is 2.31. The lowest BCUT2D eigenvalue weighted by molar-refractivity contribution is -0.120. The molecular formula is C14H25N3OS. The summed E-state index contributed by atoms with van der Waals surface area (Å²) in [5.74, 6) is 1.07. The van der Waals surface area contributed by atoms with Gasteiger partial charge >= 0.3 is 0 Å². The minimum absolute atomic E-state index is 0.0438. The summed E-state index contributed by atoms with van der Waals surface area (Å²) >= 11 is 1.52. The molecule has 0 aromatic heterocycles. The molecule has 0 aromatic carbocycles. The number of nitrogens with one attached hydrogen (secondary N) is 1. The molecule has 0 saturated heterocycles. The van der Waals surface area contributed by atoms with Gasteiger partial charge < -0.3 is 11.1 Å². The van der Waals surface area contributed by atoms with Crippen LogP contribution in [0.3, 0.4) is 0 Å². The maximum Gasteiger partial charge on any atom is 0.231 e. The van der Waals surface area contributed by atoms with E-state index in [2.05, 4.69) is 11.4 Å². The predicted octanol–water partition coefficient (Wildman–Crippen LogP) is 2.19. The highest BCUT2D eigenvalue weighted by atomic mass is 32.2. The van der Waals surface area contributed by atoms with Crippen molar-refractivity contribution >= 4 is 17.7 Å². The zero-order valence-electron chi connectivity index (χ0n) is 12.0. The smallest absolute Gasteiger partial charge is 0.231 e. The van der Waals surface area contributed by atoms with Crippen molar-refractivity contribution in [2.75, 3.05) is 11.5 Å². The number of hydrogen-bond donors (Lipinski definition) is 2. The van der Waals surface area contributed by atoms with Crippen LogP contribution in [0.2, 0.25) is 0 Å². The van der Waals surface area contributed by atoms with E-state index in [1.165, 1.54) is 11.8 Å². The third-order valence-corrected chi connectivity index (χ3v) is 4.67. The number of thioether (sulfide) groups is 1. The molecule has 19 heavy (non-hydrogen) atoms. The summed E-state index contributed by atoms with van der Waals surface area (Å²) in [5, 5.41) is 12.3. The molecule has 0 unspecified atom stereocenters. The molecule has 0 spiro atoms. The molecule has 1 aliphatic carbocycles. The van der Waals surface area contributed by atoms with Gasteiger partial charge in [0.1, 0.15) is 5.54 Å². The van der Waals surface area contributed by atoms with E-state index in [1.807, 2.05) is 13.8 Å². The molecule has 4 nitrogen and oxygen atoms in total. The van der Waals surface area contributed by atoms with E-state index in [1.54, 1.807) is 0 Å². The van der Waals surface area contributed by atoms with E-state index in [4.69, 9.17) is 5.73 Å². The number of amides is 1. The van der Waals surface area contributed by atoms with E-state index in [9.17, 15) is 10.1 Å². The highest BCUT2D eigenvalue weighted by Gasteiger charge is 2.32. The molecule has 1 fully saturated rings. The molecule has 0 aliphatic heterocycles. The van der Waals surface area contributed by atoms with Crippen LogP contribution in [0.5, 0.6) is 0 Å². The van der Waals surface area contributed by atoms with Crippen LogP contribution in [0.1, 0.15) is 52.4 Å². The van der Waals surface area contributed by atoms with Crippen molar-refractivity contribution < 1.29 is 4.79 Å². The van der Waals surface area contributed by atoms with Crippen LogP contribution < -0.4 is 11.1 Å². The Balaban J connectivity index is 2.42. The second-order valence-electron chi connectivity index (χ2n) is 6.14. The summed E-state index contributed by atoms with van der Waals surface area (Å²) < 4.78 is 0. The Morgan fingerprint density at radius 2 is 1.95 bits per heavy atom. The van der Waals surface area contributed by atoms with Crippen LogP contribution in [0.4, 0.5) is 0 Å². The van der Waals surface area contributed by atoms with Crippen LogP contribution in [0.25, 0.3) is 0 Å². The first kappa shape index (κ1) is 16.3. The maximum atomic E-state index is 11.9. The predicted molar refractivity (Wildman–Crippen MR) is 79.8 cm³/mol. The Bertz CT molecular complexity index is 336. The van der Waals surface area contributed by atoms with Crippen molar-refractivity contribution in [3.63, 3.8) is 0 Å². The Morgan fingerprint density at radius 3 is 2.42 bits per heavy atom. The number of hydrogen-bond acceptors (Lipinski definition) is 4. The molecule has 0 heterocycles. The second-order valence-corrected chi connectivity index (χ2v) is 7.12. The maximum absolute atomic E-state index is 11.9. The molecular weight excluding hydrogens is 258 g/mol. The van der Waals surface area contributed by atoms with E-state index in [0.29, 0.717) is 5.75 Å². The SMILES string of the molecule is CC(C)(N)CSCC(=O)NC1(C#N)CCCCCC1. The van der Waals surface area contributed by atoms with E-state index < -0.39 is 5.54 Å². The van der Waals surface area contributed by atoms with Crippen molar-refractivity contribution in [1.29, 1.82) is 5.26 Å². The minimum atomic E-state index is -0.633. The average molecular weight is 283 g/mol. The molecule has 0 radical (unpaired) electrons. The highest BCUT2D eigenvalue weighted by molar-refractivity contribution is 8.00. The number of rotatable bonds is 5. The van der Waals surface area contributed by atoms with Gasteiger partial charge in [-0.1, -0.05) is 25.7 Å². The van der Waals surface area contributed by atoms with Gasteiger partial charge in [-0.25, -0.2) is 0 Å². The van der Waals surface area contributed by atoms with Gasteiger partial charge in [0, 0.05) is 11.3 Å². The minimum Gasteiger partial charge on any atom is -0.337 e. The van der Waals surface area contributed by atoms with Crippen LogP contribution in [0.15, 0.2) is 0 Å². The van der Waals surface area contributed by atoms with Crippen molar-refractivity contribution in [3.8, 4) is 6.07 Å². The molecule has 1 rings (SSSR count). The quantitative estimate of drug-likeness (QED) is 0.758. The monoisotopic (exact) mass is 283 g/mol. The Labute approximate surface area is 120 Å². The fourth-order valence-corrected chi connectivity index (χ4v) is 3.19. The molecule has 108 valence electrons. The summed E-state index contributed by atoms with van der Waals surface area (Å²) in [7, 11) is 0. The van der Waals surface area contributed by atoms with Crippen molar-refractivity contribution in [2.24, 2.45) is 5.73 Å². The van der Waals surface area contributed by atoms with Crippen molar-refractivity contribution in [2.45, 2.75) is 63.5 Å². The van der Waals surface area contributed by atoms with Crippen molar-refractivity contribution in [3.05, 3.63) is 0 Å². The van der Waals surface area contributed by atoms with Gasteiger partial charge in [-0.05, 0) is 26.7 Å². The molecule has 0 atom stereocenters. The lowest BCUT2D eigenvalue weighted by Gasteiger charge is -2.26. The lowest BCUT2D eigenvalue weighted by Crippen LogP contribution is -2.48. The first-order valence-corrected chi connectivity index (χ1v) is 8.11. The van der Waals surface area contributed by atoms with E-state index in [0.717, 1.165) is 44.3 Å². The summed E-state index contributed by atoms with van der Waals surface area (Å²) in [6, 6.07) is 2.33. The molecule has 1 saturated carbocycles. The summed E-state index contributed by atoms with van der Waals surface area (Å²) in [5.41, 5.74) is 4.98. The summed E-state index contributed by atoms with van der Waals surface area (Å²) in [6.45, 7) is 3.89. The van der Waals surface area contributed by atoms with Crippen LogP contribution in [0, 0.1) is 11.3 Å². The number of nitrogens with zero attached hydrogens (tertiary/aromatic N) is 1. The first-order chi connectivity index (χ1) is 8.87. The van der Waals surface area contributed by atoms with Gasteiger partial charge in [-0.2, -0.15) is 17.0 Å². The number of carbonyl (C=O) groups excluding carboxylic acids is 1. The van der Waals surface area contributed by atoms with Crippen molar-refractivity contribution in [1.82, 2.24) is 5.32 Å². The Hall–Kier alpha value is -0.730. The molecule has 0 bridgehead atoms. The van der Waals surface area contributed by atoms with Gasteiger partial charge in [-0.15, -0.1) is 0 Å². The Kier molecular flexibility index (Phi) is 6.15. The number of carbonyl (C=O) groups is 1. The summed E-state index contributed by atoms with van der Waals surface area (Å²) in [6.07, 6.45) is 5.93. The topological polar surface area (TPSA) is 78.9 Å². The normalized spacial score (nSPS) is 19.3. The lowest BCUT2D eigenvalue weighted by atomic mass is 9.92. The largest absolute Gasteiger partial charge is 0.337 e. The average Bonchev–Trinajstić information content (AvgIpc) is 2.53. The van der Waals surface area contributed by atoms with Gasteiger partial charge in [0.2, 0.25) is 5.91 Å². The fraction of sp³-hybridized carbons (Fsp3) is 0.857. The van der Waals surface area contributed by atoms with Crippen LogP contribution in [-0.2, 0) is 4.79 Å². The second kappa shape index (κ2) is 7.16. The highest BCUT2D eigenvalue weighted by Crippen LogP contribution is 2.26. The van der Waals surface area contributed by atoms with E-state index in [-0.39, 0.29) is 11.4 Å². The standard InChI is InChI=1S/C14H25N3OS/c1-13(2,16)11-19-9-12(18)17-14(10-15)7-5-3-4-6-8-14/h3-9,11,16H2,1-2H3,(H,17,18). The molecule has 0 aromatic rings. The third-order valence-electron chi connectivity index (χ3n) is 3.26. The first-order valence-electron chi connectivity index (χ1n) is 6.96. The molecule has 1 amide bonds. The summed E-state index contributed by atoms with van der Waals surface area (Å²) in [4.78, 5) is 11.9. The zero-order valence-corrected chi connectivity index (χ0v) is 12.8. The van der Waals surface area contributed by atoms with Gasteiger partial charge in [-0.3, -0.25) is 4.79 Å². The third kappa shape index (κ3) is 6.31. The van der Waals surface area contributed by atoms with Crippen LogP contribution >= 0.6 is 11.8 Å². The zero-order chi connectivity index (χ0) is 14.4. The molecule has 5 heteroatoms. The van der Waals surface area contributed by atoms with Gasteiger partial charge in [0.25, 0.3) is 0 Å².